The summed E-state index contributed by atoms with van der Waals surface area (Å²) in [6, 6.07) is 9.25. The van der Waals surface area contributed by atoms with Gasteiger partial charge in [-0.2, -0.15) is 0 Å². The Labute approximate surface area is 124 Å². The number of methoxy groups -OCH3 is 2. The lowest BCUT2D eigenvalue weighted by atomic mass is 10.2. The van der Waals surface area contributed by atoms with Gasteiger partial charge in [-0.3, -0.25) is 9.59 Å². The predicted molar refractivity (Wildman–Crippen MR) is 78.4 cm³/mol. The van der Waals surface area contributed by atoms with Crippen molar-refractivity contribution in [2.45, 2.75) is 6.42 Å². The molecule has 1 rings (SSSR count). The molecule has 0 aromatic heterocycles. The Hall–Kier alpha value is -2.32. The second kappa shape index (κ2) is 9.56. The SMILES string of the molecule is COCCN(CCC(=O)OC)C(=O)C#Cc1ccccc1. The van der Waals surface area contributed by atoms with Crippen molar-refractivity contribution in [3.8, 4) is 11.8 Å². The molecule has 0 radical (unpaired) electrons. The monoisotopic (exact) mass is 289 g/mol. The van der Waals surface area contributed by atoms with Gasteiger partial charge in [-0.1, -0.05) is 24.1 Å². The standard InChI is InChI=1S/C16H19NO4/c1-20-13-12-17(11-10-16(19)21-2)15(18)9-8-14-6-4-3-5-7-14/h3-7H,10-13H2,1-2H3. The summed E-state index contributed by atoms with van der Waals surface area (Å²) in [5.41, 5.74) is 0.769. The highest BCUT2D eigenvalue weighted by atomic mass is 16.5. The summed E-state index contributed by atoms with van der Waals surface area (Å²) >= 11 is 0. The minimum atomic E-state index is -0.360. The molecule has 1 aromatic carbocycles. The Morgan fingerprint density at radius 2 is 1.86 bits per heavy atom. The first kappa shape index (κ1) is 16.7. The van der Waals surface area contributed by atoms with Gasteiger partial charge in [0.15, 0.2) is 0 Å². The van der Waals surface area contributed by atoms with Crippen molar-refractivity contribution >= 4 is 11.9 Å². The van der Waals surface area contributed by atoms with Crippen molar-refractivity contribution in [1.82, 2.24) is 4.90 Å². The number of amides is 1. The summed E-state index contributed by atoms with van der Waals surface area (Å²) in [5, 5.41) is 0. The number of carbonyl (C=O) groups excluding carboxylic acids is 2. The Kier molecular flexibility index (Phi) is 7.62. The molecule has 1 amide bonds. The molecule has 0 saturated heterocycles. The second-order valence-electron chi connectivity index (χ2n) is 4.23. The zero-order chi connectivity index (χ0) is 15.5. The minimum Gasteiger partial charge on any atom is -0.469 e. The van der Waals surface area contributed by atoms with Gasteiger partial charge in [0.25, 0.3) is 5.91 Å². The van der Waals surface area contributed by atoms with Crippen LogP contribution in [0, 0.1) is 11.8 Å². The smallest absolute Gasteiger partial charge is 0.307 e. The van der Waals surface area contributed by atoms with Crippen molar-refractivity contribution < 1.29 is 19.1 Å². The van der Waals surface area contributed by atoms with E-state index in [1.165, 1.54) is 12.0 Å². The van der Waals surface area contributed by atoms with Crippen LogP contribution in [0.3, 0.4) is 0 Å². The number of nitrogens with zero attached hydrogens (tertiary/aromatic N) is 1. The van der Waals surface area contributed by atoms with Gasteiger partial charge in [-0.25, -0.2) is 0 Å². The van der Waals surface area contributed by atoms with E-state index in [4.69, 9.17) is 4.74 Å². The molecule has 0 aliphatic carbocycles. The van der Waals surface area contributed by atoms with Gasteiger partial charge in [0.2, 0.25) is 0 Å². The van der Waals surface area contributed by atoms with Crippen molar-refractivity contribution in [3.05, 3.63) is 35.9 Å². The normalized spacial score (nSPS) is 9.43. The molecule has 1 aromatic rings. The molecule has 0 unspecified atom stereocenters. The van der Waals surface area contributed by atoms with Crippen LogP contribution < -0.4 is 0 Å². The largest absolute Gasteiger partial charge is 0.469 e. The number of hydrogen-bond acceptors (Lipinski definition) is 4. The van der Waals surface area contributed by atoms with Crippen LogP contribution in [0.25, 0.3) is 0 Å². The first-order valence-electron chi connectivity index (χ1n) is 6.59. The van der Waals surface area contributed by atoms with Crippen LogP contribution in [0.5, 0.6) is 0 Å². The maximum atomic E-state index is 12.1. The third-order valence-corrected chi connectivity index (χ3v) is 2.75. The molecule has 0 bridgehead atoms. The maximum Gasteiger partial charge on any atom is 0.307 e. The van der Waals surface area contributed by atoms with E-state index in [-0.39, 0.29) is 24.8 Å². The van der Waals surface area contributed by atoms with Crippen molar-refractivity contribution in [2.24, 2.45) is 0 Å². The number of carbonyl (C=O) groups is 2. The molecule has 112 valence electrons. The van der Waals surface area contributed by atoms with Crippen LogP contribution >= 0.6 is 0 Å². The molecule has 0 aliphatic heterocycles. The quantitative estimate of drug-likeness (QED) is 0.581. The Morgan fingerprint density at radius 1 is 1.14 bits per heavy atom. The summed E-state index contributed by atoms with van der Waals surface area (Å²) < 4.78 is 9.53. The molecular formula is C16H19NO4. The van der Waals surface area contributed by atoms with Crippen molar-refractivity contribution in [1.29, 1.82) is 0 Å². The maximum absolute atomic E-state index is 12.1. The van der Waals surface area contributed by atoms with Gasteiger partial charge >= 0.3 is 5.97 Å². The second-order valence-corrected chi connectivity index (χ2v) is 4.23. The third-order valence-electron chi connectivity index (χ3n) is 2.75. The molecule has 0 atom stereocenters. The molecule has 5 heteroatoms. The van der Waals surface area contributed by atoms with E-state index >= 15 is 0 Å². The van der Waals surface area contributed by atoms with Crippen molar-refractivity contribution in [2.75, 3.05) is 33.9 Å². The molecular weight excluding hydrogens is 270 g/mol. The van der Waals surface area contributed by atoms with Crippen LogP contribution in [0.1, 0.15) is 12.0 Å². The van der Waals surface area contributed by atoms with Crippen LogP contribution in [0.4, 0.5) is 0 Å². The highest BCUT2D eigenvalue weighted by Gasteiger charge is 2.13. The van der Waals surface area contributed by atoms with Gasteiger partial charge in [-0.05, 0) is 12.1 Å². The van der Waals surface area contributed by atoms with E-state index in [9.17, 15) is 9.59 Å². The van der Waals surface area contributed by atoms with E-state index < -0.39 is 0 Å². The lowest BCUT2D eigenvalue weighted by Gasteiger charge is -2.18. The number of hydrogen-bond donors (Lipinski definition) is 0. The first-order chi connectivity index (χ1) is 10.2. The average Bonchev–Trinajstić information content (AvgIpc) is 2.53. The number of benzene rings is 1. The van der Waals surface area contributed by atoms with Crippen LogP contribution in [-0.4, -0.2) is 50.7 Å². The molecule has 0 heterocycles. The van der Waals surface area contributed by atoms with E-state index in [0.29, 0.717) is 13.2 Å². The molecule has 0 N–H and O–H groups in total. The number of esters is 1. The average molecular weight is 289 g/mol. The van der Waals surface area contributed by atoms with Crippen LogP contribution in [-0.2, 0) is 19.1 Å². The first-order valence-corrected chi connectivity index (χ1v) is 6.59. The highest BCUT2D eigenvalue weighted by Crippen LogP contribution is 1.97. The van der Waals surface area contributed by atoms with E-state index in [0.717, 1.165) is 5.56 Å². The zero-order valence-electron chi connectivity index (χ0n) is 12.3. The van der Waals surface area contributed by atoms with Crippen LogP contribution in [0.2, 0.25) is 0 Å². The lowest BCUT2D eigenvalue weighted by Crippen LogP contribution is -2.35. The molecule has 0 saturated carbocycles. The van der Waals surface area contributed by atoms with Gasteiger partial charge < -0.3 is 14.4 Å². The van der Waals surface area contributed by atoms with Gasteiger partial charge in [0.1, 0.15) is 0 Å². The molecule has 21 heavy (non-hydrogen) atoms. The highest BCUT2D eigenvalue weighted by molar-refractivity contribution is 5.94. The number of rotatable bonds is 6. The molecule has 0 fully saturated rings. The van der Waals surface area contributed by atoms with Gasteiger partial charge in [0, 0.05) is 31.7 Å². The van der Waals surface area contributed by atoms with E-state index in [1.54, 1.807) is 7.11 Å². The summed E-state index contributed by atoms with van der Waals surface area (Å²) in [6.07, 6.45) is 0.138. The topological polar surface area (TPSA) is 55.8 Å². The number of ether oxygens (including phenoxy) is 2. The molecule has 0 spiro atoms. The Bertz CT molecular complexity index is 516. The summed E-state index contributed by atoms with van der Waals surface area (Å²) in [4.78, 5) is 24.7. The summed E-state index contributed by atoms with van der Waals surface area (Å²) in [7, 11) is 2.87. The van der Waals surface area contributed by atoms with Crippen molar-refractivity contribution in [3.63, 3.8) is 0 Å². The fraction of sp³-hybridized carbons (Fsp3) is 0.375. The summed E-state index contributed by atoms with van der Waals surface area (Å²) in [6.45, 7) is 1.04. The predicted octanol–water partition coefficient (Wildman–Crippen LogP) is 1.08. The lowest BCUT2D eigenvalue weighted by molar-refractivity contribution is -0.141. The Balaban J connectivity index is 2.66. The zero-order valence-corrected chi connectivity index (χ0v) is 12.3. The molecule has 0 aliphatic rings. The fourth-order valence-corrected chi connectivity index (χ4v) is 1.57. The molecule has 5 nitrogen and oxygen atoms in total. The van der Waals surface area contributed by atoms with Crippen LogP contribution in [0.15, 0.2) is 30.3 Å². The van der Waals surface area contributed by atoms with Gasteiger partial charge in [0.05, 0.1) is 20.1 Å². The third kappa shape index (κ3) is 6.59. The Morgan fingerprint density at radius 3 is 2.48 bits per heavy atom. The van der Waals surface area contributed by atoms with E-state index in [2.05, 4.69) is 16.6 Å². The summed E-state index contributed by atoms with van der Waals surface area (Å²) in [5.74, 6) is 4.69. The van der Waals surface area contributed by atoms with E-state index in [1.807, 2.05) is 30.3 Å². The fourth-order valence-electron chi connectivity index (χ4n) is 1.57. The van der Waals surface area contributed by atoms with Gasteiger partial charge in [-0.15, -0.1) is 0 Å². The minimum absolute atomic E-state index is 0.138.